The Morgan fingerprint density at radius 2 is 2.26 bits per heavy atom. The number of aryl methyl sites for hydroxylation is 2. The quantitative estimate of drug-likeness (QED) is 0.676. The van der Waals surface area contributed by atoms with Crippen LogP contribution >= 0.6 is 11.3 Å². The predicted octanol–water partition coefficient (Wildman–Crippen LogP) is 2.63. The van der Waals surface area contributed by atoms with Crippen LogP contribution in [0.25, 0.3) is 5.78 Å². The maximum Gasteiger partial charge on any atom is 0.294 e. The van der Waals surface area contributed by atoms with Gasteiger partial charge in [-0.25, -0.2) is 9.50 Å². The van der Waals surface area contributed by atoms with Gasteiger partial charge in [-0.15, -0.1) is 23.0 Å². The van der Waals surface area contributed by atoms with Crippen LogP contribution < -0.4 is 0 Å². The molecule has 0 N–H and O–H groups in total. The number of carbonyl (C=O) groups excluding carboxylic acids is 1. The minimum atomic E-state index is -0.221. The van der Waals surface area contributed by atoms with E-state index in [1.165, 1.54) is 0 Å². The van der Waals surface area contributed by atoms with Gasteiger partial charge in [-0.1, -0.05) is 12.1 Å². The van der Waals surface area contributed by atoms with Gasteiger partial charge in [0, 0.05) is 22.8 Å². The molecule has 0 aliphatic rings. The van der Waals surface area contributed by atoms with Crippen LogP contribution in [0.15, 0.2) is 36.2 Å². The maximum atomic E-state index is 12.7. The van der Waals surface area contributed by atoms with Gasteiger partial charge in [0.2, 0.25) is 5.82 Å². The second kappa shape index (κ2) is 6.29. The molecule has 0 spiro atoms. The SMILES string of the molecule is C=CCN(Cc1cccs1)C(=O)c1nc2nc(C)cc(C)n2n1. The summed E-state index contributed by atoms with van der Waals surface area (Å²) in [5.41, 5.74) is 1.75. The Morgan fingerprint density at radius 3 is 2.96 bits per heavy atom. The lowest BCUT2D eigenvalue weighted by Crippen LogP contribution is -2.31. The van der Waals surface area contributed by atoms with Crippen molar-refractivity contribution in [1.82, 2.24) is 24.5 Å². The Balaban J connectivity index is 1.93. The van der Waals surface area contributed by atoms with E-state index in [0.717, 1.165) is 16.3 Å². The second-order valence-corrected chi connectivity index (χ2v) is 6.27. The highest BCUT2D eigenvalue weighted by Crippen LogP contribution is 2.14. The van der Waals surface area contributed by atoms with E-state index in [4.69, 9.17) is 0 Å². The van der Waals surface area contributed by atoms with Crippen molar-refractivity contribution in [3.05, 3.63) is 58.3 Å². The summed E-state index contributed by atoms with van der Waals surface area (Å²) in [6.45, 7) is 8.49. The zero-order valence-electron chi connectivity index (χ0n) is 13.1. The average molecular weight is 327 g/mol. The molecule has 0 unspecified atom stereocenters. The summed E-state index contributed by atoms with van der Waals surface area (Å²) >= 11 is 1.61. The highest BCUT2D eigenvalue weighted by atomic mass is 32.1. The molecule has 6 nitrogen and oxygen atoms in total. The first-order valence-corrected chi connectivity index (χ1v) is 8.10. The molecule has 0 fully saturated rings. The Labute approximate surface area is 138 Å². The number of amides is 1. The molecular formula is C16H17N5OS. The minimum Gasteiger partial charge on any atom is -0.327 e. The molecule has 7 heteroatoms. The Morgan fingerprint density at radius 1 is 1.43 bits per heavy atom. The van der Waals surface area contributed by atoms with Gasteiger partial charge in [0.15, 0.2) is 0 Å². The topological polar surface area (TPSA) is 63.4 Å². The number of aromatic nitrogens is 4. The van der Waals surface area contributed by atoms with E-state index in [2.05, 4.69) is 21.6 Å². The van der Waals surface area contributed by atoms with Crippen LogP contribution in [0.3, 0.4) is 0 Å². The molecule has 3 heterocycles. The molecule has 3 aromatic rings. The van der Waals surface area contributed by atoms with Crippen LogP contribution in [-0.4, -0.2) is 36.9 Å². The standard InChI is InChI=1S/C16H17N5OS/c1-4-7-20(10-13-6-5-8-23-13)15(22)14-18-16-17-11(2)9-12(3)21(16)19-14/h4-6,8-9H,1,7,10H2,2-3H3. The van der Waals surface area contributed by atoms with Crippen molar-refractivity contribution in [2.75, 3.05) is 6.54 Å². The zero-order valence-corrected chi connectivity index (χ0v) is 13.9. The van der Waals surface area contributed by atoms with Crippen LogP contribution in [0, 0.1) is 13.8 Å². The van der Waals surface area contributed by atoms with Gasteiger partial charge in [-0.3, -0.25) is 4.79 Å². The number of hydrogen-bond donors (Lipinski definition) is 0. The molecule has 0 atom stereocenters. The van der Waals surface area contributed by atoms with Gasteiger partial charge in [0.05, 0.1) is 6.54 Å². The van der Waals surface area contributed by atoms with Crippen molar-refractivity contribution in [2.45, 2.75) is 20.4 Å². The molecular weight excluding hydrogens is 310 g/mol. The Kier molecular flexibility index (Phi) is 4.20. The van der Waals surface area contributed by atoms with E-state index in [9.17, 15) is 4.79 Å². The second-order valence-electron chi connectivity index (χ2n) is 5.24. The summed E-state index contributed by atoms with van der Waals surface area (Å²) in [5.74, 6) is 0.381. The first kappa shape index (κ1) is 15.4. The van der Waals surface area contributed by atoms with Crippen molar-refractivity contribution in [1.29, 1.82) is 0 Å². The lowest BCUT2D eigenvalue weighted by molar-refractivity contribution is 0.0752. The van der Waals surface area contributed by atoms with Crippen molar-refractivity contribution in [3.63, 3.8) is 0 Å². The van der Waals surface area contributed by atoms with Crippen molar-refractivity contribution in [2.24, 2.45) is 0 Å². The highest BCUT2D eigenvalue weighted by Gasteiger charge is 2.21. The van der Waals surface area contributed by atoms with Gasteiger partial charge >= 0.3 is 0 Å². The maximum absolute atomic E-state index is 12.7. The van der Waals surface area contributed by atoms with Crippen LogP contribution in [0.5, 0.6) is 0 Å². The summed E-state index contributed by atoms with van der Waals surface area (Å²) in [6, 6.07) is 5.87. The molecule has 3 aromatic heterocycles. The smallest absolute Gasteiger partial charge is 0.294 e. The minimum absolute atomic E-state index is 0.157. The normalized spacial score (nSPS) is 10.9. The molecule has 0 aliphatic carbocycles. The Hall–Kier alpha value is -2.54. The molecule has 0 radical (unpaired) electrons. The summed E-state index contributed by atoms with van der Waals surface area (Å²) in [4.78, 5) is 24.1. The van der Waals surface area contributed by atoms with E-state index in [-0.39, 0.29) is 11.7 Å². The third-order valence-corrected chi connectivity index (χ3v) is 4.23. The van der Waals surface area contributed by atoms with Gasteiger partial charge < -0.3 is 4.90 Å². The first-order valence-electron chi connectivity index (χ1n) is 7.22. The van der Waals surface area contributed by atoms with Gasteiger partial charge in [0.1, 0.15) is 0 Å². The first-order chi connectivity index (χ1) is 11.1. The van der Waals surface area contributed by atoms with Crippen LogP contribution in [-0.2, 0) is 6.54 Å². The number of rotatable bonds is 5. The van der Waals surface area contributed by atoms with Gasteiger partial charge in [0.25, 0.3) is 11.7 Å². The fraction of sp³-hybridized carbons (Fsp3) is 0.250. The van der Waals surface area contributed by atoms with Gasteiger partial charge in [-0.2, -0.15) is 4.98 Å². The number of carbonyl (C=O) groups is 1. The van der Waals surface area contributed by atoms with E-state index in [1.807, 2.05) is 37.4 Å². The summed E-state index contributed by atoms with van der Waals surface area (Å²) in [6.07, 6.45) is 1.70. The fourth-order valence-corrected chi connectivity index (χ4v) is 3.08. The monoisotopic (exact) mass is 327 g/mol. The number of fused-ring (bicyclic) bond motifs is 1. The largest absolute Gasteiger partial charge is 0.327 e. The molecule has 0 aliphatic heterocycles. The number of hydrogen-bond acceptors (Lipinski definition) is 5. The van der Waals surface area contributed by atoms with E-state index >= 15 is 0 Å². The third kappa shape index (κ3) is 3.14. The van der Waals surface area contributed by atoms with E-state index < -0.39 is 0 Å². The molecule has 23 heavy (non-hydrogen) atoms. The summed E-state index contributed by atoms with van der Waals surface area (Å²) in [7, 11) is 0. The van der Waals surface area contributed by atoms with Crippen LogP contribution in [0.1, 0.15) is 26.9 Å². The molecule has 0 aromatic carbocycles. The number of thiophene rings is 1. The van der Waals surface area contributed by atoms with Gasteiger partial charge in [-0.05, 0) is 31.4 Å². The molecule has 118 valence electrons. The third-order valence-electron chi connectivity index (χ3n) is 3.37. The van der Waals surface area contributed by atoms with Crippen LogP contribution in [0.4, 0.5) is 0 Å². The van der Waals surface area contributed by atoms with Crippen molar-refractivity contribution in [3.8, 4) is 0 Å². The summed E-state index contributed by atoms with van der Waals surface area (Å²) < 4.78 is 1.59. The highest BCUT2D eigenvalue weighted by molar-refractivity contribution is 7.09. The van der Waals surface area contributed by atoms with E-state index in [1.54, 1.807) is 26.8 Å². The predicted molar refractivity (Wildman–Crippen MR) is 89.5 cm³/mol. The lowest BCUT2D eigenvalue weighted by atomic mass is 10.3. The lowest BCUT2D eigenvalue weighted by Gasteiger charge is -2.18. The molecule has 1 amide bonds. The van der Waals surface area contributed by atoms with Crippen molar-refractivity contribution < 1.29 is 4.79 Å². The fourth-order valence-electron chi connectivity index (χ4n) is 2.36. The van der Waals surface area contributed by atoms with Crippen molar-refractivity contribution >= 4 is 23.0 Å². The Bertz CT molecular complexity index is 853. The molecule has 0 saturated heterocycles. The van der Waals surface area contributed by atoms with Crippen LogP contribution in [0.2, 0.25) is 0 Å². The average Bonchev–Trinajstić information content (AvgIpc) is 3.15. The number of nitrogens with zero attached hydrogens (tertiary/aromatic N) is 5. The molecule has 0 bridgehead atoms. The zero-order chi connectivity index (χ0) is 16.4. The van der Waals surface area contributed by atoms with E-state index in [0.29, 0.717) is 18.9 Å². The molecule has 3 rings (SSSR count). The molecule has 0 saturated carbocycles. The summed E-state index contributed by atoms with van der Waals surface area (Å²) in [5, 5.41) is 6.30.